The van der Waals surface area contributed by atoms with E-state index in [4.69, 9.17) is 4.74 Å². The normalized spacial score (nSPS) is 12.7. The van der Waals surface area contributed by atoms with E-state index in [1.54, 1.807) is 0 Å². The summed E-state index contributed by atoms with van der Waals surface area (Å²) < 4.78 is 6.85. The second kappa shape index (κ2) is 9.38. The van der Waals surface area contributed by atoms with Gasteiger partial charge >= 0.3 is 0 Å². The fourth-order valence-electron chi connectivity index (χ4n) is 1.93. The number of halogens is 1. The summed E-state index contributed by atoms with van der Waals surface area (Å²) in [5, 5.41) is 3.53. The van der Waals surface area contributed by atoms with Gasteiger partial charge in [0.1, 0.15) is 5.75 Å². The minimum atomic E-state index is 0.700. The van der Waals surface area contributed by atoms with Gasteiger partial charge in [-0.15, -0.1) is 0 Å². The van der Waals surface area contributed by atoms with Gasteiger partial charge in [-0.25, -0.2) is 0 Å². The molecule has 1 aromatic carbocycles. The molecule has 0 bridgehead atoms. The van der Waals surface area contributed by atoms with E-state index in [2.05, 4.69) is 42.0 Å². The second-order valence-electron chi connectivity index (χ2n) is 5.42. The van der Waals surface area contributed by atoms with Gasteiger partial charge in [-0.2, -0.15) is 0 Å². The lowest BCUT2D eigenvalue weighted by atomic mass is 10.0. The standard InChI is InChI=1S/C16H26BrNO/c1-4-14(12-18-11-13(2)3)8-9-19-16-7-5-6-15(17)10-16/h5-7,10,13-14,18H,4,8-9,11-12H2,1-3H3. The van der Waals surface area contributed by atoms with Gasteiger partial charge < -0.3 is 10.1 Å². The SMILES string of the molecule is CCC(CCOc1cccc(Br)c1)CNCC(C)C. The zero-order valence-corrected chi connectivity index (χ0v) is 13.9. The van der Waals surface area contributed by atoms with Crippen LogP contribution in [0.5, 0.6) is 5.75 Å². The largest absolute Gasteiger partial charge is 0.494 e. The summed E-state index contributed by atoms with van der Waals surface area (Å²) in [5.41, 5.74) is 0. The Kier molecular flexibility index (Phi) is 8.15. The smallest absolute Gasteiger partial charge is 0.120 e. The maximum atomic E-state index is 5.79. The Bertz CT molecular complexity index is 354. The van der Waals surface area contributed by atoms with E-state index in [0.29, 0.717) is 5.92 Å². The van der Waals surface area contributed by atoms with Crippen molar-refractivity contribution < 1.29 is 4.74 Å². The molecule has 1 atom stereocenters. The molecule has 1 aromatic rings. The molecule has 0 radical (unpaired) electrons. The summed E-state index contributed by atoms with van der Waals surface area (Å²) in [6.07, 6.45) is 2.31. The van der Waals surface area contributed by atoms with Gasteiger partial charge in [0.25, 0.3) is 0 Å². The lowest BCUT2D eigenvalue weighted by Crippen LogP contribution is -2.27. The topological polar surface area (TPSA) is 21.3 Å². The van der Waals surface area contributed by atoms with Crippen molar-refractivity contribution in [2.24, 2.45) is 11.8 Å². The summed E-state index contributed by atoms with van der Waals surface area (Å²) >= 11 is 3.45. The molecule has 1 rings (SSSR count). The first-order valence-electron chi connectivity index (χ1n) is 7.21. The van der Waals surface area contributed by atoms with Crippen LogP contribution in [-0.4, -0.2) is 19.7 Å². The maximum Gasteiger partial charge on any atom is 0.120 e. The van der Waals surface area contributed by atoms with Crippen LogP contribution in [-0.2, 0) is 0 Å². The van der Waals surface area contributed by atoms with Crippen LogP contribution in [0.4, 0.5) is 0 Å². The summed E-state index contributed by atoms with van der Waals surface area (Å²) in [6.45, 7) is 9.72. The Morgan fingerprint density at radius 3 is 2.68 bits per heavy atom. The van der Waals surface area contributed by atoms with Gasteiger partial charge in [0.15, 0.2) is 0 Å². The van der Waals surface area contributed by atoms with Crippen LogP contribution in [0.15, 0.2) is 28.7 Å². The van der Waals surface area contributed by atoms with E-state index in [1.165, 1.54) is 6.42 Å². The van der Waals surface area contributed by atoms with Crippen molar-refractivity contribution in [2.45, 2.75) is 33.6 Å². The van der Waals surface area contributed by atoms with Crippen LogP contribution in [0.25, 0.3) is 0 Å². The highest BCUT2D eigenvalue weighted by atomic mass is 79.9. The van der Waals surface area contributed by atoms with Gasteiger partial charge in [-0.05, 0) is 49.5 Å². The molecule has 2 nitrogen and oxygen atoms in total. The fraction of sp³-hybridized carbons (Fsp3) is 0.625. The van der Waals surface area contributed by atoms with Crippen molar-refractivity contribution in [2.75, 3.05) is 19.7 Å². The molecular formula is C16H26BrNO. The lowest BCUT2D eigenvalue weighted by molar-refractivity contribution is 0.270. The average Bonchev–Trinajstić information content (AvgIpc) is 2.36. The van der Waals surface area contributed by atoms with E-state index in [0.717, 1.165) is 42.3 Å². The highest BCUT2D eigenvalue weighted by molar-refractivity contribution is 9.10. The molecular weight excluding hydrogens is 302 g/mol. The van der Waals surface area contributed by atoms with E-state index in [-0.39, 0.29) is 0 Å². The molecule has 0 spiro atoms. The molecule has 1 unspecified atom stereocenters. The van der Waals surface area contributed by atoms with E-state index in [9.17, 15) is 0 Å². The molecule has 0 aromatic heterocycles. The van der Waals surface area contributed by atoms with E-state index < -0.39 is 0 Å². The van der Waals surface area contributed by atoms with Crippen molar-refractivity contribution in [1.82, 2.24) is 5.32 Å². The Balaban J connectivity index is 2.22. The average molecular weight is 328 g/mol. The summed E-state index contributed by atoms with van der Waals surface area (Å²) in [7, 11) is 0. The predicted molar refractivity (Wildman–Crippen MR) is 85.7 cm³/mol. The molecule has 0 saturated heterocycles. The summed E-state index contributed by atoms with van der Waals surface area (Å²) in [4.78, 5) is 0. The molecule has 0 aliphatic rings. The van der Waals surface area contributed by atoms with Gasteiger partial charge in [-0.1, -0.05) is 49.2 Å². The van der Waals surface area contributed by atoms with Crippen LogP contribution in [0.2, 0.25) is 0 Å². The second-order valence-corrected chi connectivity index (χ2v) is 6.34. The van der Waals surface area contributed by atoms with Gasteiger partial charge in [-0.3, -0.25) is 0 Å². The number of hydrogen-bond acceptors (Lipinski definition) is 2. The van der Waals surface area contributed by atoms with Crippen molar-refractivity contribution in [3.05, 3.63) is 28.7 Å². The highest BCUT2D eigenvalue weighted by Gasteiger charge is 2.07. The molecule has 0 aliphatic carbocycles. The maximum absolute atomic E-state index is 5.79. The molecule has 1 N–H and O–H groups in total. The van der Waals surface area contributed by atoms with Gasteiger partial charge in [0.05, 0.1) is 6.61 Å². The van der Waals surface area contributed by atoms with Crippen LogP contribution in [0.3, 0.4) is 0 Å². The summed E-state index contributed by atoms with van der Waals surface area (Å²) in [5.74, 6) is 2.36. The number of rotatable bonds is 9. The summed E-state index contributed by atoms with van der Waals surface area (Å²) in [6, 6.07) is 8.03. The number of benzene rings is 1. The third kappa shape index (κ3) is 7.58. The zero-order valence-electron chi connectivity index (χ0n) is 12.3. The molecule has 0 fully saturated rings. The Labute approximate surface area is 126 Å². The number of ether oxygens (including phenoxy) is 1. The van der Waals surface area contributed by atoms with Gasteiger partial charge in [0.2, 0.25) is 0 Å². The first-order valence-corrected chi connectivity index (χ1v) is 8.00. The zero-order chi connectivity index (χ0) is 14.1. The predicted octanol–water partition coefficient (Wildman–Crippen LogP) is 4.49. The molecule has 108 valence electrons. The van der Waals surface area contributed by atoms with Crippen molar-refractivity contribution in [3.63, 3.8) is 0 Å². The van der Waals surface area contributed by atoms with Crippen molar-refractivity contribution in [3.8, 4) is 5.75 Å². The molecule has 3 heteroatoms. The number of hydrogen-bond donors (Lipinski definition) is 1. The quantitative estimate of drug-likeness (QED) is 0.721. The number of nitrogens with one attached hydrogen (secondary N) is 1. The minimum absolute atomic E-state index is 0.700. The van der Waals surface area contributed by atoms with Crippen LogP contribution in [0.1, 0.15) is 33.6 Å². The molecule has 19 heavy (non-hydrogen) atoms. The molecule has 0 saturated carbocycles. The van der Waals surface area contributed by atoms with Crippen LogP contribution < -0.4 is 10.1 Å². The molecule has 0 heterocycles. The van der Waals surface area contributed by atoms with Crippen molar-refractivity contribution >= 4 is 15.9 Å². The highest BCUT2D eigenvalue weighted by Crippen LogP contribution is 2.18. The van der Waals surface area contributed by atoms with Crippen LogP contribution >= 0.6 is 15.9 Å². The minimum Gasteiger partial charge on any atom is -0.494 e. The van der Waals surface area contributed by atoms with E-state index >= 15 is 0 Å². The monoisotopic (exact) mass is 327 g/mol. The molecule has 0 aliphatic heterocycles. The van der Waals surface area contributed by atoms with Crippen molar-refractivity contribution in [1.29, 1.82) is 0 Å². The van der Waals surface area contributed by atoms with Gasteiger partial charge in [0, 0.05) is 4.47 Å². The third-order valence-corrected chi connectivity index (χ3v) is 3.65. The Morgan fingerprint density at radius 2 is 2.05 bits per heavy atom. The first-order chi connectivity index (χ1) is 9.11. The Morgan fingerprint density at radius 1 is 1.26 bits per heavy atom. The van der Waals surface area contributed by atoms with E-state index in [1.807, 2.05) is 24.3 Å². The first kappa shape index (κ1) is 16.5. The molecule has 0 amide bonds. The Hall–Kier alpha value is -0.540. The fourth-order valence-corrected chi connectivity index (χ4v) is 2.31. The van der Waals surface area contributed by atoms with Crippen LogP contribution in [0, 0.1) is 11.8 Å². The lowest BCUT2D eigenvalue weighted by Gasteiger charge is -2.17. The third-order valence-electron chi connectivity index (χ3n) is 3.15.